The summed E-state index contributed by atoms with van der Waals surface area (Å²) in [5.41, 5.74) is 7.87. The van der Waals surface area contributed by atoms with Gasteiger partial charge in [-0.25, -0.2) is 0 Å². The first-order chi connectivity index (χ1) is 16.6. The van der Waals surface area contributed by atoms with E-state index in [2.05, 4.69) is 63.9 Å². The maximum atomic E-state index is 9.53. The van der Waals surface area contributed by atoms with Gasteiger partial charge < -0.3 is 25.5 Å². The Kier molecular flexibility index (Phi) is 5.19. The van der Waals surface area contributed by atoms with Crippen LogP contribution < -0.4 is 15.5 Å². The summed E-state index contributed by atoms with van der Waals surface area (Å²) < 4.78 is 0. The Labute approximate surface area is 199 Å². The minimum atomic E-state index is 0.253. The third-order valence-corrected chi connectivity index (χ3v) is 6.80. The van der Waals surface area contributed by atoms with Gasteiger partial charge in [0.05, 0.1) is 13.1 Å². The second-order valence-corrected chi connectivity index (χ2v) is 9.13. The van der Waals surface area contributed by atoms with Crippen molar-refractivity contribution in [2.45, 2.75) is 13.1 Å². The SMILES string of the molecule is CN1CCN(c2ccc3c(c2)CN=C(c2ccc4c(c2)CN=C(c2ccc(O)cc2)N4)N3)CC1. The number of benzene rings is 3. The fourth-order valence-electron chi connectivity index (χ4n) is 4.70. The van der Waals surface area contributed by atoms with Crippen molar-refractivity contribution in [1.82, 2.24) is 4.90 Å². The molecule has 3 aromatic carbocycles. The summed E-state index contributed by atoms with van der Waals surface area (Å²) >= 11 is 0. The van der Waals surface area contributed by atoms with Crippen LogP contribution in [0.1, 0.15) is 22.3 Å². The molecule has 0 unspecified atom stereocenters. The summed E-state index contributed by atoms with van der Waals surface area (Å²) in [6.45, 7) is 5.62. The largest absolute Gasteiger partial charge is 0.508 e. The lowest BCUT2D eigenvalue weighted by atomic mass is 10.0. The van der Waals surface area contributed by atoms with Crippen LogP contribution in [-0.2, 0) is 13.1 Å². The fourth-order valence-corrected chi connectivity index (χ4v) is 4.70. The highest BCUT2D eigenvalue weighted by Gasteiger charge is 2.20. The van der Waals surface area contributed by atoms with Gasteiger partial charge in [0, 0.05) is 54.4 Å². The third kappa shape index (κ3) is 3.99. The summed E-state index contributed by atoms with van der Waals surface area (Å²) in [6.07, 6.45) is 0. The van der Waals surface area contributed by atoms with Gasteiger partial charge >= 0.3 is 0 Å². The van der Waals surface area contributed by atoms with Crippen molar-refractivity contribution in [3.8, 4) is 5.75 Å². The zero-order valence-corrected chi connectivity index (χ0v) is 19.3. The van der Waals surface area contributed by atoms with Gasteiger partial charge in [-0.2, -0.15) is 0 Å². The molecule has 1 saturated heterocycles. The zero-order valence-electron chi connectivity index (χ0n) is 19.3. The lowest BCUT2D eigenvalue weighted by Gasteiger charge is -2.34. The van der Waals surface area contributed by atoms with E-state index in [1.165, 1.54) is 11.3 Å². The van der Waals surface area contributed by atoms with Crippen LogP contribution in [0.4, 0.5) is 17.1 Å². The van der Waals surface area contributed by atoms with E-state index in [-0.39, 0.29) is 5.75 Å². The lowest BCUT2D eigenvalue weighted by molar-refractivity contribution is 0.313. The molecule has 0 radical (unpaired) electrons. The van der Waals surface area contributed by atoms with E-state index < -0.39 is 0 Å². The van der Waals surface area contributed by atoms with E-state index in [1.807, 2.05) is 12.1 Å². The van der Waals surface area contributed by atoms with Crippen molar-refractivity contribution in [2.24, 2.45) is 9.98 Å². The molecule has 7 nitrogen and oxygen atoms in total. The smallest absolute Gasteiger partial charge is 0.133 e. The van der Waals surface area contributed by atoms with Gasteiger partial charge in [-0.1, -0.05) is 0 Å². The summed E-state index contributed by atoms with van der Waals surface area (Å²) in [6, 6.07) is 20.1. The number of likely N-dealkylation sites (N-methyl/N-ethyl adjacent to an activating group) is 1. The maximum Gasteiger partial charge on any atom is 0.133 e. The van der Waals surface area contributed by atoms with Gasteiger partial charge in [0.1, 0.15) is 17.4 Å². The van der Waals surface area contributed by atoms with Crippen LogP contribution in [0.5, 0.6) is 5.75 Å². The van der Waals surface area contributed by atoms with Gasteiger partial charge in [-0.05, 0) is 78.8 Å². The molecule has 7 heteroatoms. The Morgan fingerprint density at radius 1 is 0.706 bits per heavy atom. The number of rotatable bonds is 3. The first-order valence-corrected chi connectivity index (χ1v) is 11.7. The number of aliphatic imine (C=N–C) groups is 2. The molecule has 3 aliphatic rings. The van der Waals surface area contributed by atoms with Crippen LogP contribution in [0.15, 0.2) is 70.6 Å². The summed E-state index contributed by atoms with van der Waals surface area (Å²) in [7, 11) is 2.18. The van der Waals surface area contributed by atoms with Crippen molar-refractivity contribution >= 4 is 28.7 Å². The molecule has 0 aromatic heterocycles. The van der Waals surface area contributed by atoms with Crippen LogP contribution in [0, 0.1) is 0 Å². The molecule has 0 amide bonds. The monoisotopic (exact) mass is 452 g/mol. The lowest BCUT2D eigenvalue weighted by Crippen LogP contribution is -2.44. The molecule has 172 valence electrons. The fraction of sp³-hybridized carbons (Fsp3) is 0.259. The molecular weight excluding hydrogens is 424 g/mol. The summed E-state index contributed by atoms with van der Waals surface area (Å²) in [4.78, 5) is 14.4. The molecule has 0 bridgehead atoms. The standard InChI is InChI=1S/C27H28N6O/c1-32-10-12-33(13-11-32)22-5-9-25-21(15-22)17-29-27(31-25)19-4-8-24-20(14-19)16-28-26(30-24)18-2-6-23(34)7-3-18/h2-9,14-15,34H,10-13,16-17H2,1H3,(H,28,30)(H,29,31). The maximum absolute atomic E-state index is 9.53. The number of nitrogens with one attached hydrogen (secondary N) is 2. The van der Waals surface area contributed by atoms with E-state index in [4.69, 9.17) is 9.98 Å². The van der Waals surface area contributed by atoms with Gasteiger partial charge in [0.25, 0.3) is 0 Å². The Balaban J connectivity index is 1.18. The number of nitrogens with zero attached hydrogens (tertiary/aromatic N) is 4. The first kappa shape index (κ1) is 20.7. The van der Waals surface area contributed by atoms with Crippen LogP contribution >= 0.6 is 0 Å². The molecule has 3 N–H and O–H groups in total. The molecular formula is C27H28N6O. The Hall–Kier alpha value is -3.84. The van der Waals surface area contributed by atoms with Gasteiger partial charge in [-0.15, -0.1) is 0 Å². The average Bonchev–Trinajstić information content (AvgIpc) is 2.88. The molecule has 0 spiro atoms. The minimum Gasteiger partial charge on any atom is -0.508 e. The highest BCUT2D eigenvalue weighted by atomic mass is 16.3. The minimum absolute atomic E-state index is 0.253. The highest BCUT2D eigenvalue weighted by molar-refractivity contribution is 6.12. The molecule has 6 rings (SSSR count). The van der Waals surface area contributed by atoms with Gasteiger partial charge in [0.15, 0.2) is 0 Å². The predicted octanol–water partition coefficient (Wildman–Crippen LogP) is 3.89. The highest BCUT2D eigenvalue weighted by Crippen LogP contribution is 2.30. The number of amidine groups is 2. The van der Waals surface area contributed by atoms with Crippen molar-refractivity contribution in [3.05, 3.63) is 82.9 Å². The Bertz CT molecular complexity index is 1290. The number of aromatic hydroxyl groups is 1. The molecule has 0 saturated carbocycles. The van der Waals surface area contributed by atoms with Crippen LogP contribution in [-0.4, -0.2) is 54.9 Å². The van der Waals surface area contributed by atoms with Gasteiger partial charge in [-0.3, -0.25) is 9.98 Å². The number of phenolic OH excluding ortho intramolecular Hbond substituents is 1. The molecule has 0 aliphatic carbocycles. The normalized spacial score (nSPS) is 17.6. The average molecular weight is 453 g/mol. The van der Waals surface area contributed by atoms with E-state index >= 15 is 0 Å². The van der Waals surface area contributed by atoms with Crippen LogP contribution in [0.2, 0.25) is 0 Å². The predicted molar refractivity (Wildman–Crippen MR) is 138 cm³/mol. The molecule has 1 fully saturated rings. The number of fused-ring (bicyclic) bond motifs is 2. The van der Waals surface area contributed by atoms with E-state index in [0.29, 0.717) is 13.1 Å². The summed E-state index contributed by atoms with van der Waals surface area (Å²) in [5.74, 6) is 1.97. The molecule has 34 heavy (non-hydrogen) atoms. The van der Waals surface area contributed by atoms with Crippen molar-refractivity contribution in [1.29, 1.82) is 0 Å². The van der Waals surface area contributed by atoms with Crippen molar-refractivity contribution in [2.75, 3.05) is 48.8 Å². The third-order valence-electron chi connectivity index (χ3n) is 6.80. The van der Waals surface area contributed by atoms with E-state index in [1.54, 1.807) is 12.1 Å². The topological polar surface area (TPSA) is 75.5 Å². The van der Waals surface area contributed by atoms with Gasteiger partial charge in [0.2, 0.25) is 0 Å². The zero-order chi connectivity index (χ0) is 23.1. The van der Waals surface area contributed by atoms with E-state index in [9.17, 15) is 5.11 Å². The van der Waals surface area contributed by atoms with Crippen molar-refractivity contribution < 1.29 is 5.11 Å². The van der Waals surface area contributed by atoms with Crippen molar-refractivity contribution in [3.63, 3.8) is 0 Å². The molecule has 3 aliphatic heterocycles. The second-order valence-electron chi connectivity index (χ2n) is 9.13. The number of piperazine rings is 1. The summed E-state index contributed by atoms with van der Waals surface area (Å²) in [5, 5.41) is 16.5. The second kappa shape index (κ2) is 8.50. The molecule has 0 atom stereocenters. The number of hydrogen-bond acceptors (Lipinski definition) is 7. The Morgan fingerprint density at radius 2 is 1.29 bits per heavy atom. The quantitative estimate of drug-likeness (QED) is 0.562. The first-order valence-electron chi connectivity index (χ1n) is 11.7. The number of hydrogen-bond donors (Lipinski definition) is 3. The Morgan fingerprint density at radius 3 is 2.00 bits per heavy atom. The van der Waals surface area contributed by atoms with Crippen LogP contribution in [0.25, 0.3) is 0 Å². The van der Waals surface area contributed by atoms with Crippen LogP contribution in [0.3, 0.4) is 0 Å². The van der Waals surface area contributed by atoms with E-state index in [0.717, 1.165) is 65.9 Å². The number of phenols is 1. The number of anilines is 3. The molecule has 3 aromatic rings. The molecule has 3 heterocycles.